The van der Waals surface area contributed by atoms with E-state index in [1.54, 1.807) is 24.3 Å². The first kappa shape index (κ1) is 21.1. The number of rotatable bonds is 8. The van der Waals surface area contributed by atoms with Gasteiger partial charge >= 0.3 is 6.18 Å². The van der Waals surface area contributed by atoms with Crippen LogP contribution >= 0.6 is 0 Å². The maximum atomic E-state index is 13.1. The number of ether oxygens (including phenoxy) is 2. The molecule has 0 saturated heterocycles. The molecule has 0 unspecified atom stereocenters. The zero-order chi connectivity index (χ0) is 20.6. The van der Waals surface area contributed by atoms with Crippen molar-refractivity contribution in [1.29, 1.82) is 0 Å². The van der Waals surface area contributed by atoms with Gasteiger partial charge in [-0.15, -0.1) is 5.10 Å². The SMILES string of the molecule is Cc1cc(OCC/C=N\N=C(N)N)cc(OCc2ccccc2C(F)(F)F)c1. The van der Waals surface area contributed by atoms with Crippen LogP contribution in [0.25, 0.3) is 0 Å². The van der Waals surface area contributed by atoms with E-state index in [-0.39, 0.29) is 18.1 Å². The van der Waals surface area contributed by atoms with Crippen LogP contribution in [-0.4, -0.2) is 18.8 Å². The standard InChI is InChI=1S/C19H21F3N4O2/c1-13-9-15(27-8-4-7-25-26-18(23)24)11-16(10-13)28-12-14-5-2-3-6-17(14)19(20,21)22/h2-3,5-7,9-11H,4,8,12H2,1H3,(H4,23,24,26)/b25-7-. The average molecular weight is 394 g/mol. The molecule has 0 amide bonds. The van der Waals surface area contributed by atoms with Crippen LogP contribution in [0.15, 0.2) is 52.7 Å². The molecule has 6 nitrogen and oxygen atoms in total. The fraction of sp³-hybridized carbons (Fsp3) is 0.263. The Balaban J connectivity index is 1.99. The first-order valence-electron chi connectivity index (χ1n) is 8.38. The van der Waals surface area contributed by atoms with E-state index in [1.807, 2.05) is 6.92 Å². The Kier molecular flexibility index (Phi) is 7.25. The minimum atomic E-state index is -4.43. The Morgan fingerprint density at radius 1 is 1.07 bits per heavy atom. The van der Waals surface area contributed by atoms with E-state index in [0.717, 1.165) is 11.6 Å². The summed E-state index contributed by atoms with van der Waals surface area (Å²) in [5.74, 6) is 0.820. The molecule has 0 heterocycles. The average Bonchev–Trinajstić information content (AvgIpc) is 2.62. The van der Waals surface area contributed by atoms with Gasteiger partial charge in [0.05, 0.1) is 12.2 Å². The molecule has 9 heteroatoms. The number of benzene rings is 2. The van der Waals surface area contributed by atoms with Gasteiger partial charge in [-0.25, -0.2) is 0 Å². The molecule has 0 aliphatic heterocycles. The molecule has 0 spiro atoms. The Bertz CT molecular complexity index is 847. The first-order chi connectivity index (χ1) is 13.3. The summed E-state index contributed by atoms with van der Waals surface area (Å²) in [5.41, 5.74) is 10.5. The van der Waals surface area contributed by atoms with Crippen LogP contribution in [-0.2, 0) is 12.8 Å². The van der Waals surface area contributed by atoms with Gasteiger partial charge < -0.3 is 20.9 Å². The number of aryl methyl sites for hydroxylation is 1. The molecule has 0 aliphatic rings. The normalized spacial score (nSPS) is 11.4. The summed E-state index contributed by atoms with van der Waals surface area (Å²) in [6.45, 7) is 1.95. The lowest BCUT2D eigenvalue weighted by atomic mass is 10.1. The first-order valence-corrected chi connectivity index (χ1v) is 8.38. The van der Waals surface area contributed by atoms with Gasteiger partial charge in [0.1, 0.15) is 18.1 Å². The van der Waals surface area contributed by atoms with Crippen molar-refractivity contribution in [3.05, 3.63) is 59.2 Å². The van der Waals surface area contributed by atoms with Crippen molar-refractivity contribution in [3.63, 3.8) is 0 Å². The van der Waals surface area contributed by atoms with Gasteiger partial charge in [-0.1, -0.05) is 18.2 Å². The van der Waals surface area contributed by atoms with E-state index in [1.165, 1.54) is 18.3 Å². The van der Waals surface area contributed by atoms with Gasteiger partial charge in [0.25, 0.3) is 0 Å². The van der Waals surface area contributed by atoms with Crippen LogP contribution in [0.5, 0.6) is 11.5 Å². The van der Waals surface area contributed by atoms with Gasteiger partial charge in [0, 0.05) is 24.3 Å². The molecule has 4 N–H and O–H groups in total. The molecule has 0 saturated carbocycles. The molecule has 0 bridgehead atoms. The minimum Gasteiger partial charge on any atom is -0.493 e. The lowest BCUT2D eigenvalue weighted by Gasteiger charge is -2.14. The number of hydrogen-bond acceptors (Lipinski definition) is 4. The molecule has 28 heavy (non-hydrogen) atoms. The third-order valence-corrected chi connectivity index (χ3v) is 3.51. The summed E-state index contributed by atoms with van der Waals surface area (Å²) < 4.78 is 50.4. The molecule has 2 aromatic rings. The molecular weight excluding hydrogens is 373 g/mol. The smallest absolute Gasteiger partial charge is 0.416 e. The second kappa shape index (κ2) is 9.63. The third-order valence-electron chi connectivity index (χ3n) is 3.51. The van der Waals surface area contributed by atoms with E-state index in [9.17, 15) is 13.2 Å². The molecule has 0 radical (unpaired) electrons. The fourth-order valence-corrected chi connectivity index (χ4v) is 2.36. The van der Waals surface area contributed by atoms with Crippen molar-refractivity contribution in [3.8, 4) is 11.5 Å². The van der Waals surface area contributed by atoms with Crippen molar-refractivity contribution < 1.29 is 22.6 Å². The fourth-order valence-electron chi connectivity index (χ4n) is 2.36. The highest BCUT2D eigenvalue weighted by Gasteiger charge is 2.32. The number of nitrogens with zero attached hydrogens (tertiary/aromatic N) is 2. The van der Waals surface area contributed by atoms with Gasteiger partial charge in [-0.3, -0.25) is 0 Å². The number of guanidine groups is 1. The van der Waals surface area contributed by atoms with Crippen LogP contribution < -0.4 is 20.9 Å². The lowest BCUT2D eigenvalue weighted by Crippen LogP contribution is -2.21. The van der Waals surface area contributed by atoms with Crippen LogP contribution in [0.1, 0.15) is 23.1 Å². The zero-order valence-corrected chi connectivity index (χ0v) is 15.2. The molecule has 0 aromatic heterocycles. The summed E-state index contributed by atoms with van der Waals surface area (Å²) in [4.78, 5) is 0. The molecule has 0 aliphatic carbocycles. The molecule has 150 valence electrons. The molecule has 2 aromatic carbocycles. The highest BCUT2D eigenvalue weighted by atomic mass is 19.4. The van der Waals surface area contributed by atoms with E-state index in [0.29, 0.717) is 24.5 Å². The monoisotopic (exact) mass is 394 g/mol. The van der Waals surface area contributed by atoms with Crippen molar-refractivity contribution in [1.82, 2.24) is 0 Å². The van der Waals surface area contributed by atoms with Gasteiger partial charge in [-0.05, 0) is 30.7 Å². The summed E-state index contributed by atoms with van der Waals surface area (Å²) in [6.07, 6.45) is -2.46. The largest absolute Gasteiger partial charge is 0.493 e. The summed E-state index contributed by atoms with van der Waals surface area (Å²) >= 11 is 0. The maximum absolute atomic E-state index is 13.1. The third kappa shape index (κ3) is 6.82. The predicted octanol–water partition coefficient (Wildman–Crippen LogP) is 3.62. The van der Waals surface area contributed by atoms with Crippen molar-refractivity contribution in [2.24, 2.45) is 21.7 Å². The second-order valence-corrected chi connectivity index (χ2v) is 5.89. The highest BCUT2D eigenvalue weighted by Crippen LogP contribution is 2.32. The number of alkyl halides is 3. The minimum absolute atomic E-state index is 0.0647. The van der Waals surface area contributed by atoms with E-state index >= 15 is 0 Å². The van der Waals surface area contributed by atoms with Gasteiger partial charge in [0.15, 0.2) is 0 Å². The van der Waals surface area contributed by atoms with Gasteiger partial charge in [0.2, 0.25) is 5.96 Å². The number of halogens is 3. The molecular formula is C19H21F3N4O2. The van der Waals surface area contributed by atoms with Crippen molar-refractivity contribution in [2.45, 2.75) is 26.1 Å². The van der Waals surface area contributed by atoms with E-state index in [4.69, 9.17) is 20.9 Å². The van der Waals surface area contributed by atoms with Crippen molar-refractivity contribution >= 4 is 12.2 Å². The maximum Gasteiger partial charge on any atom is 0.416 e. The quantitative estimate of drug-likeness (QED) is 0.309. The Hall–Kier alpha value is -3.23. The van der Waals surface area contributed by atoms with Crippen LogP contribution in [0, 0.1) is 6.92 Å². The summed E-state index contributed by atoms with van der Waals surface area (Å²) in [6, 6.07) is 10.5. The van der Waals surface area contributed by atoms with Crippen LogP contribution in [0.2, 0.25) is 0 Å². The highest BCUT2D eigenvalue weighted by molar-refractivity contribution is 5.76. The Labute approximate surface area is 160 Å². The van der Waals surface area contributed by atoms with E-state index < -0.39 is 11.7 Å². The number of nitrogens with two attached hydrogens (primary N) is 2. The van der Waals surface area contributed by atoms with Crippen LogP contribution in [0.3, 0.4) is 0 Å². The Morgan fingerprint density at radius 2 is 1.75 bits per heavy atom. The second-order valence-electron chi connectivity index (χ2n) is 5.89. The summed E-state index contributed by atoms with van der Waals surface area (Å²) in [7, 11) is 0. The predicted molar refractivity (Wildman–Crippen MR) is 101 cm³/mol. The van der Waals surface area contributed by atoms with Gasteiger partial charge in [-0.2, -0.15) is 18.3 Å². The zero-order valence-electron chi connectivity index (χ0n) is 15.2. The lowest BCUT2D eigenvalue weighted by molar-refractivity contribution is -0.138. The number of hydrogen-bond donors (Lipinski definition) is 2. The molecule has 0 atom stereocenters. The summed E-state index contributed by atoms with van der Waals surface area (Å²) in [5, 5.41) is 7.11. The van der Waals surface area contributed by atoms with Crippen molar-refractivity contribution in [2.75, 3.05) is 6.61 Å². The molecule has 2 rings (SSSR count). The topological polar surface area (TPSA) is 95.2 Å². The Morgan fingerprint density at radius 3 is 2.43 bits per heavy atom. The molecule has 0 fully saturated rings. The van der Waals surface area contributed by atoms with Crippen LogP contribution in [0.4, 0.5) is 13.2 Å². The van der Waals surface area contributed by atoms with E-state index in [2.05, 4.69) is 10.2 Å².